The Balaban J connectivity index is 1.47. The fraction of sp³-hybridized carbons (Fsp3) is 0.900. The van der Waals surface area contributed by atoms with Crippen molar-refractivity contribution in [3.05, 3.63) is 0 Å². The lowest BCUT2D eigenvalue weighted by Crippen LogP contribution is -2.42. The lowest BCUT2D eigenvalue weighted by Gasteiger charge is -2.32. The molecule has 0 radical (unpaired) electrons. The van der Waals surface area contributed by atoms with E-state index in [9.17, 15) is 4.79 Å². The van der Waals surface area contributed by atoms with E-state index in [1.54, 1.807) is 0 Å². The summed E-state index contributed by atoms with van der Waals surface area (Å²) < 4.78 is 5.48. The topological polar surface area (TPSA) is 64.3 Å². The molecule has 0 unspecified atom stereocenters. The van der Waals surface area contributed by atoms with Crippen molar-refractivity contribution in [1.29, 1.82) is 0 Å². The van der Waals surface area contributed by atoms with Crippen molar-refractivity contribution in [3.63, 3.8) is 0 Å². The third-order valence-corrected chi connectivity index (χ3v) is 2.76. The van der Waals surface area contributed by atoms with Gasteiger partial charge in [0.1, 0.15) is 0 Å². The molecule has 0 saturated heterocycles. The Hall–Kier alpha value is -0.610. The summed E-state index contributed by atoms with van der Waals surface area (Å²) in [6.07, 6.45) is 4.98. The highest BCUT2D eigenvalue weighted by Gasteiger charge is 2.27. The summed E-state index contributed by atoms with van der Waals surface area (Å²) in [6.45, 7) is 0.538. The van der Waals surface area contributed by atoms with Crippen LogP contribution in [0.25, 0.3) is 0 Å². The van der Waals surface area contributed by atoms with Crippen molar-refractivity contribution in [2.75, 3.05) is 6.61 Å². The number of carbonyl (C=O) groups is 1. The normalized spacial score (nSPS) is 30.9. The molecule has 2 rings (SSSR count). The van der Waals surface area contributed by atoms with Crippen molar-refractivity contribution in [2.45, 2.75) is 50.3 Å². The maximum atomic E-state index is 11.2. The van der Waals surface area contributed by atoms with E-state index in [1.807, 2.05) is 0 Å². The Morgan fingerprint density at radius 1 is 1.43 bits per heavy atom. The summed E-state index contributed by atoms with van der Waals surface area (Å²) in [5.41, 5.74) is 5.62. The van der Waals surface area contributed by atoms with Crippen molar-refractivity contribution < 1.29 is 9.53 Å². The summed E-state index contributed by atoms with van der Waals surface area (Å²) in [5.74, 6) is 0.121. The van der Waals surface area contributed by atoms with Crippen LogP contribution in [0.5, 0.6) is 0 Å². The van der Waals surface area contributed by atoms with Crippen LogP contribution in [0.3, 0.4) is 0 Å². The van der Waals surface area contributed by atoms with Crippen LogP contribution in [0.4, 0.5) is 0 Å². The molecule has 0 aromatic rings. The zero-order valence-electron chi connectivity index (χ0n) is 8.37. The van der Waals surface area contributed by atoms with Gasteiger partial charge < -0.3 is 15.8 Å². The van der Waals surface area contributed by atoms with E-state index in [0.29, 0.717) is 31.2 Å². The predicted octanol–water partition coefficient (Wildman–Crippen LogP) is 0.161. The minimum absolute atomic E-state index is 0.121. The fourth-order valence-electron chi connectivity index (χ4n) is 1.59. The second-order valence-corrected chi connectivity index (χ2v) is 4.32. The predicted molar refractivity (Wildman–Crippen MR) is 52.7 cm³/mol. The van der Waals surface area contributed by atoms with Crippen LogP contribution in [0, 0.1) is 0 Å². The minimum Gasteiger partial charge on any atom is -0.378 e. The van der Waals surface area contributed by atoms with Crippen LogP contribution >= 0.6 is 0 Å². The zero-order chi connectivity index (χ0) is 9.97. The van der Waals surface area contributed by atoms with E-state index in [1.165, 1.54) is 0 Å². The van der Waals surface area contributed by atoms with Crippen molar-refractivity contribution in [2.24, 2.45) is 5.73 Å². The first-order valence-electron chi connectivity index (χ1n) is 5.40. The molecule has 3 N–H and O–H groups in total. The van der Waals surface area contributed by atoms with Crippen molar-refractivity contribution in [3.8, 4) is 0 Å². The number of hydrogen-bond acceptors (Lipinski definition) is 3. The van der Waals surface area contributed by atoms with Gasteiger partial charge in [-0.25, -0.2) is 0 Å². The number of amides is 1. The molecular weight excluding hydrogens is 180 g/mol. The monoisotopic (exact) mass is 198 g/mol. The van der Waals surface area contributed by atoms with Gasteiger partial charge in [0.05, 0.1) is 12.7 Å². The molecular formula is C10H18N2O2. The average Bonchev–Trinajstić information content (AvgIpc) is 2.85. The van der Waals surface area contributed by atoms with E-state index in [4.69, 9.17) is 10.5 Å². The third-order valence-electron chi connectivity index (χ3n) is 2.76. The molecule has 2 fully saturated rings. The van der Waals surface area contributed by atoms with E-state index in [-0.39, 0.29) is 5.91 Å². The fourth-order valence-corrected chi connectivity index (χ4v) is 1.59. The van der Waals surface area contributed by atoms with Gasteiger partial charge >= 0.3 is 0 Å². The second-order valence-electron chi connectivity index (χ2n) is 4.32. The van der Waals surface area contributed by atoms with Crippen molar-refractivity contribution >= 4 is 5.91 Å². The molecule has 2 aliphatic carbocycles. The van der Waals surface area contributed by atoms with Crippen LogP contribution < -0.4 is 11.1 Å². The molecule has 0 bridgehead atoms. The molecule has 0 aromatic heterocycles. The lowest BCUT2D eigenvalue weighted by molar-refractivity contribution is -0.123. The van der Waals surface area contributed by atoms with Crippen molar-refractivity contribution in [1.82, 2.24) is 5.32 Å². The summed E-state index contributed by atoms with van der Waals surface area (Å²) >= 11 is 0. The molecule has 1 amide bonds. The standard InChI is InChI=1S/C10H18N2O2/c11-7-5-9(6-7)14-4-3-10(13)12-8-1-2-8/h7-9H,1-6,11H2,(H,12,13). The van der Waals surface area contributed by atoms with Gasteiger partial charge in [-0.15, -0.1) is 0 Å². The van der Waals surface area contributed by atoms with E-state index in [0.717, 1.165) is 25.7 Å². The molecule has 4 nitrogen and oxygen atoms in total. The zero-order valence-corrected chi connectivity index (χ0v) is 8.37. The van der Waals surface area contributed by atoms with Gasteiger partial charge in [-0.1, -0.05) is 0 Å². The third kappa shape index (κ3) is 2.96. The summed E-state index contributed by atoms with van der Waals surface area (Å²) in [7, 11) is 0. The largest absolute Gasteiger partial charge is 0.378 e. The minimum atomic E-state index is 0.121. The van der Waals surface area contributed by atoms with E-state index >= 15 is 0 Å². The van der Waals surface area contributed by atoms with E-state index < -0.39 is 0 Å². The molecule has 4 heteroatoms. The first kappa shape index (κ1) is 9.93. The highest BCUT2D eigenvalue weighted by Crippen LogP contribution is 2.21. The van der Waals surface area contributed by atoms with Crippen LogP contribution in [0.2, 0.25) is 0 Å². The summed E-state index contributed by atoms with van der Waals surface area (Å²) in [4.78, 5) is 11.2. The molecule has 0 spiro atoms. The highest BCUT2D eigenvalue weighted by molar-refractivity contribution is 5.76. The number of hydrogen-bond donors (Lipinski definition) is 2. The van der Waals surface area contributed by atoms with Crippen LogP contribution in [-0.2, 0) is 9.53 Å². The van der Waals surface area contributed by atoms with E-state index in [2.05, 4.69) is 5.32 Å². The Bertz CT molecular complexity index is 210. The Morgan fingerprint density at radius 2 is 2.14 bits per heavy atom. The van der Waals surface area contributed by atoms with Crippen LogP contribution in [0.1, 0.15) is 32.1 Å². The first-order chi connectivity index (χ1) is 6.74. The second kappa shape index (κ2) is 4.28. The van der Waals surface area contributed by atoms with Gasteiger partial charge in [0, 0.05) is 18.5 Å². The van der Waals surface area contributed by atoms with Gasteiger partial charge in [0.2, 0.25) is 5.91 Å². The first-order valence-corrected chi connectivity index (χ1v) is 5.40. The number of ether oxygens (including phenoxy) is 1. The van der Waals surface area contributed by atoms with Gasteiger partial charge in [-0.05, 0) is 25.7 Å². The summed E-state index contributed by atoms with van der Waals surface area (Å²) in [5, 5.41) is 2.93. The number of rotatable bonds is 5. The van der Waals surface area contributed by atoms with Gasteiger partial charge in [0.25, 0.3) is 0 Å². The Labute approximate surface area is 84.2 Å². The Morgan fingerprint density at radius 3 is 2.71 bits per heavy atom. The SMILES string of the molecule is NC1CC(OCCC(=O)NC2CC2)C1. The molecule has 0 aromatic carbocycles. The smallest absolute Gasteiger partial charge is 0.222 e. The average molecular weight is 198 g/mol. The van der Waals surface area contributed by atoms with Crippen LogP contribution in [0.15, 0.2) is 0 Å². The number of nitrogens with two attached hydrogens (primary N) is 1. The molecule has 80 valence electrons. The quantitative estimate of drug-likeness (QED) is 0.661. The Kier molecular flexibility index (Phi) is 3.03. The number of carbonyl (C=O) groups excluding carboxylic acids is 1. The van der Waals surface area contributed by atoms with Gasteiger partial charge in [-0.2, -0.15) is 0 Å². The lowest BCUT2D eigenvalue weighted by atomic mass is 9.90. The maximum absolute atomic E-state index is 11.2. The molecule has 14 heavy (non-hydrogen) atoms. The highest BCUT2D eigenvalue weighted by atomic mass is 16.5. The molecule has 0 atom stereocenters. The molecule has 2 saturated carbocycles. The molecule has 2 aliphatic rings. The molecule has 0 aliphatic heterocycles. The van der Waals surface area contributed by atoms with Gasteiger partial charge in [-0.3, -0.25) is 4.79 Å². The summed E-state index contributed by atoms with van der Waals surface area (Å²) in [6, 6.07) is 0.778. The number of nitrogens with one attached hydrogen (secondary N) is 1. The molecule has 0 heterocycles. The maximum Gasteiger partial charge on any atom is 0.222 e. The van der Waals surface area contributed by atoms with Gasteiger partial charge in [0.15, 0.2) is 0 Å². The van der Waals surface area contributed by atoms with Crippen LogP contribution in [-0.4, -0.2) is 30.7 Å².